The van der Waals surface area contributed by atoms with E-state index in [1.807, 2.05) is 23.1 Å². The lowest BCUT2D eigenvalue weighted by Gasteiger charge is -2.36. The van der Waals surface area contributed by atoms with Gasteiger partial charge in [-0.2, -0.15) is 0 Å². The minimum atomic E-state index is -3.49. The minimum absolute atomic E-state index is 0.0619. The van der Waals surface area contributed by atoms with Gasteiger partial charge in [0.05, 0.1) is 11.9 Å². The number of nitrogens with zero attached hydrogens (tertiary/aromatic N) is 3. The Morgan fingerprint density at radius 2 is 1.71 bits per heavy atom. The minimum Gasteiger partial charge on any atom is -0.454 e. The van der Waals surface area contributed by atoms with Gasteiger partial charge in [0, 0.05) is 50.9 Å². The Hall–Kier alpha value is -2.94. The van der Waals surface area contributed by atoms with E-state index in [4.69, 9.17) is 9.47 Å². The molecule has 0 atom stereocenters. The van der Waals surface area contributed by atoms with Crippen LogP contribution in [0.1, 0.15) is 12.8 Å². The van der Waals surface area contributed by atoms with Gasteiger partial charge in [-0.3, -0.25) is 9.10 Å². The maximum atomic E-state index is 12.7. The predicted molar refractivity (Wildman–Crippen MR) is 119 cm³/mol. The Balaban J connectivity index is 1.30. The molecule has 0 aromatic heterocycles. The number of sulfonamides is 1. The molecular formula is C22H27N3O5S. The summed E-state index contributed by atoms with van der Waals surface area (Å²) in [5.41, 5.74) is 1.68. The fraction of sp³-hybridized carbons (Fsp3) is 0.409. The summed E-state index contributed by atoms with van der Waals surface area (Å²) in [5.74, 6) is 1.19. The first-order chi connectivity index (χ1) is 14.9. The number of amides is 1. The van der Waals surface area contributed by atoms with Crippen molar-refractivity contribution in [3.8, 4) is 11.5 Å². The van der Waals surface area contributed by atoms with Gasteiger partial charge in [-0.05, 0) is 30.7 Å². The highest BCUT2D eigenvalue weighted by Crippen LogP contribution is 2.36. The number of ether oxygens (including phenoxy) is 2. The van der Waals surface area contributed by atoms with E-state index in [-0.39, 0.29) is 19.2 Å². The maximum absolute atomic E-state index is 12.7. The van der Waals surface area contributed by atoms with Gasteiger partial charge in [-0.1, -0.05) is 18.2 Å². The van der Waals surface area contributed by atoms with E-state index in [1.54, 1.807) is 18.2 Å². The lowest BCUT2D eigenvalue weighted by Crippen LogP contribution is -2.48. The quantitative estimate of drug-likeness (QED) is 0.651. The molecule has 2 aromatic rings. The molecule has 2 aliphatic heterocycles. The number of hydrogen-bond donors (Lipinski definition) is 0. The van der Waals surface area contributed by atoms with Gasteiger partial charge in [0.25, 0.3) is 0 Å². The van der Waals surface area contributed by atoms with Crippen molar-refractivity contribution in [3.63, 3.8) is 0 Å². The largest absolute Gasteiger partial charge is 0.454 e. The number of hydrogen-bond acceptors (Lipinski definition) is 6. The van der Waals surface area contributed by atoms with E-state index in [1.165, 1.54) is 16.2 Å². The Labute approximate surface area is 183 Å². The van der Waals surface area contributed by atoms with Gasteiger partial charge >= 0.3 is 0 Å². The number of carbonyl (C=O) groups excluding carboxylic acids is 1. The summed E-state index contributed by atoms with van der Waals surface area (Å²) in [7, 11) is -3.49. The summed E-state index contributed by atoms with van der Waals surface area (Å²) in [6.07, 6.45) is 1.92. The third kappa shape index (κ3) is 5.04. The van der Waals surface area contributed by atoms with Crippen molar-refractivity contribution in [1.29, 1.82) is 0 Å². The number of para-hydroxylation sites is 1. The average molecular weight is 446 g/mol. The molecule has 0 aliphatic carbocycles. The van der Waals surface area contributed by atoms with Crippen molar-refractivity contribution in [2.75, 3.05) is 55.0 Å². The number of piperazine rings is 1. The van der Waals surface area contributed by atoms with Crippen LogP contribution in [0, 0.1) is 0 Å². The molecule has 0 radical (unpaired) electrons. The summed E-state index contributed by atoms with van der Waals surface area (Å²) in [6, 6.07) is 15.2. The smallest absolute Gasteiger partial charge is 0.232 e. The summed E-state index contributed by atoms with van der Waals surface area (Å²) in [6.45, 7) is 3.29. The highest BCUT2D eigenvalue weighted by Gasteiger charge is 2.24. The molecular weight excluding hydrogens is 418 g/mol. The van der Waals surface area contributed by atoms with Crippen molar-refractivity contribution in [3.05, 3.63) is 48.5 Å². The lowest BCUT2D eigenvalue weighted by atomic mass is 10.2. The SMILES string of the molecule is CS(=O)(=O)N(CCCC(=O)N1CCN(c2ccccc2)CC1)c1ccc2c(c1)OCO2. The van der Waals surface area contributed by atoms with Crippen molar-refractivity contribution < 1.29 is 22.7 Å². The van der Waals surface area contributed by atoms with E-state index in [9.17, 15) is 13.2 Å². The molecule has 8 nitrogen and oxygen atoms in total. The van der Waals surface area contributed by atoms with Crippen LogP contribution in [0.5, 0.6) is 11.5 Å². The van der Waals surface area contributed by atoms with E-state index in [2.05, 4.69) is 17.0 Å². The Bertz CT molecular complexity index is 1020. The van der Waals surface area contributed by atoms with Crippen LogP contribution in [-0.4, -0.2) is 65.0 Å². The third-order valence-corrected chi connectivity index (χ3v) is 6.74. The van der Waals surface area contributed by atoms with Crippen molar-refractivity contribution >= 4 is 27.3 Å². The van der Waals surface area contributed by atoms with Gasteiger partial charge in [0.15, 0.2) is 11.5 Å². The number of benzene rings is 2. The van der Waals surface area contributed by atoms with E-state index in [0.29, 0.717) is 43.1 Å². The Kier molecular flexibility index (Phi) is 6.22. The van der Waals surface area contributed by atoms with Crippen LogP contribution in [0.15, 0.2) is 48.5 Å². The zero-order valence-corrected chi connectivity index (χ0v) is 18.4. The van der Waals surface area contributed by atoms with Crippen LogP contribution < -0.4 is 18.7 Å². The van der Waals surface area contributed by atoms with Crippen LogP contribution in [0.25, 0.3) is 0 Å². The zero-order chi connectivity index (χ0) is 21.8. The molecule has 31 heavy (non-hydrogen) atoms. The molecule has 1 saturated heterocycles. The summed E-state index contributed by atoms with van der Waals surface area (Å²) < 4.78 is 36.6. The summed E-state index contributed by atoms with van der Waals surface area (Å²) in [4.78, 5) is 16.8. The van der Waals surface area contributed by atoms with Gasteiger partial charge in [0.2, 0.25) is 22.7 Å². The first kappa shape index (κ1) is 21.3. The van der Waals surface area contributed by atoms with Crippen LogP contribution >= 0.6 is 0 Å². The molecule has 0 bridgehead atoms. The van der Waals surface area contributed by atoms with Gasteiger partial charge in [-0.15, -0.1) is 0 Å². The van der Waals surface area contributed by atoms with E-state index >= 15 is 0 Å². The fourth-order valence-corrected chi connectivity index (χ4v) is 4.87. The first-order valence-electron chi connectivity index (χ1n) is 10.4. The molecule has 1 fully saturated rings. The zero-order valence-electron chi connectivity index (χ0n) is 17.6. The molecule has 166 valence electrons. The Morgan fingerprint density at radius 3 is 2.42 bits per heavy atom. The van der Waals surface area contributed by atoms with Crippen LogP contribution in [0.3, 0.4) is 0 Å². The number of fused-ring (bicyclic) bond motifs is 1. The molecule has 4 rings (SSSR count). The molecule has 2 aromatic carbocycles. The van der Waals surface area contributed by atoms with Crippen molar-refractivity contribution in [2.45, 2.75) is 12.8 Å². The summed E-state index contributed by atoms with van der Waals surface area (Å²) >= 11 is 0. The predicted octanol–water partition coefficient (Wildman–Crippen LogP) is 2.31. The fourth-order valence-electron chi connectivity index (χ4n) is 3.91. The number of anilines is 2. The second-order valence-electron chi connectivity index (χ2n) is 7.68. The van der Waals surface area contributed by atoms with Crippen molar-refractivity contribution in [1.82, 2.24) is 4.90 Å². The highest BCUT2D eigenvalue weighted by molar-refractivity contribution is 7.92. The molecule has 0 saturated carbocycles. The maximum Gasteiger partial charge on any atom is 0.232 e. The molecule has 0 unspecified atom stereocenters. The van der Waals surface area contributed by atoms with Crippen LogP contribution in [0.2, 0.25) is 0 Å². The molecule has 0 N–H and O–H groups in total. The van der Waals surface area contributed by atoms with Crippen molar-refractivity contribution in [2.24, 2.45) is 0 Å². The lowest BCUT2D eigenvalue weighted by molar-refractivity contribution is -0.131. The second kappa shape index (κ2) is 9.05. The molecule has 1 amide bonds. The highest BCUT2D eigenvalue weighted by atomic mass is 32.2. The van der Waals surface area contributed by atoms with Crippen LogP contribution in [0.4, 0.5) is 11.4 Å². The standard InChI is InChI=1S/C22H27N3O5S/c1-31(27,28)25(19-9-10-20-21(16-19)30-17-29-20)11-5-8-22(26)24-14-12-23(13-15-24)18-6-3-2-4-7-18/h2-4,6-7,9-10,16H,5,8,11-15,17H2,1H3. The summed E-state index contributed by atoms with van der Waals surface area (Å²) in [5, 5.41) is 0. The second-order valence-corrected chi connectivity index (χ2v) is 9.59. The van der Waals surface area contributed by atoms with Gasteiger partial charge < -0.3 is 19.3 Å². The van der Waals surface area contributed by atoms with Gasteiger partial charge in [-0.25, -0.2) is 8.42 Å². The molecule has 2 heterocycles. The number of rotatable bonds is 7. The topological polar surface area (TPSA) is 79.4 Å². The van der Waals surface area contributed by atoms with E-state index in [0.717, 1.165) is 13.1 Å². The molecule has 2 aliphatic rings. The monoisotopic (exact) mass is 445 g/mol. The third-order valence-electron chi connectivity index (χ3n) is 5.55. The first-order valence-corrected chi connectivity index (χ1v) is 12.2. The Morgan fingerprint density at radius 1 is 1.00 bits per heavy atom. The average Bonchev–Trinajstić information content (AvgIpc) is 3.24. The molecule has 9 heteroatoms. The normalized spacial score (nSPS) is 15.8. The van der Waals surface area contributed by atoms with Gasteiger partial charge in [0.1, 0.15) is 0 Å². The van der Waals surface area contributed by atoms with Crippen LogP contribution in [-0.2, 0) is 14.8 Å². The molecule has 0 spiro atoms. The number of carbonyl (C=O) groups is 1. The van der Waals surface area contributed by atoms with E-state index < -0.39 is 10.0 Å².